The highest BCUT2D eigenvalue weighted by Crippen LogP contribution is 2.19. The maximum Gasteiger partial charge on any atom is 0.0410 e. The first-order chi connectivity index (χ1) is 8.75. The Balaban J connectivity index is 1.83. The quantitative estimate of drug-likeness (QED) is 0.911. The maximum atomic E-state index is 6.17. The number of pyridine rings is 1. The summed E-state index contributed by atoms with van der Waals surface area (Å²) in [6.45, 7) is 0. The van der Waals surface area contributed by atoms with Gasteiger partial charge in [0.1, 0.15) is 0 Å². The molecule has 1 aromatic heterocycles. The Morgan fingerprint density at radius 1 is 1.17 bits per heavy atom. The van der Waals surface area contributed by atoms with Crippen LogP contribution in [0.25, 0.3) is 0 Å². The van der Waals surface area contributed by atoms with E-state index in [9.17, 15) is 0 Å². The molecule has 0 radical (unpaired) electrons. The normalized spacial score (nSPS) is 12.3. The molecular weight excluding hydrogens is 288 g/mol. The lowest BCUT2D eigenvalue weighted by Crippen LogP contribution is -2.10. The van der Waals surface area contributed by atoms with Crippen molar-refractivity contribution in [1.29, 1.82) is 0 Å². The van der Waals surface area contributed by atoms with Gasteiger partial charge in [0.05, 0.1) is 0 Å². The van der Waals surface area contributed by atoms with Crippen LogP contribution in [0.4, 0.5) is 0 Å². The van der Waals surface area contributed by atoms with E-state index in [4.69, 9.17) is 5.73 Å². The van der Waals surface area contributed by atoms with Crippen LogP contribution in [0.15, 0.2) is 53.3 Å². The van der Waals surface area contributed by atoms with E-state index in [1.807, 2.05) is 18.3 Å². The average molecular weight is 305 g/mol. The Kier molecular flexibility index (Phi) is 4.90. The van der Waals surface area contributed by atoms with Crippen LogP contribution in [0, 0.1) is 0 Å². The molecule has 0 aliphatic carbocycles. The van der Waals surface area contributed by atoms with Gasteiger partial charge in [-0.3, -0.25) is 4.98 Å². The first-order valence-electron chi connectivity index (χ1n) is 6.15. The van der Waals surface area contributed by atoms with Crippen LogP contribution in [0.1, 0.15) is 30.0 Å². The summed E-state index contributed by atoms with van der Waals surface area (Å²) >= 11 is 3.42. The van der Waals surface area contributed by atoms with Crippen LogP contribution in [0.5, 0.6) is 0 Å². The molecule has 2 N–H and O–H groups in total. The van der Waals surface area contributed by atoms with Crippen molar-refractivity contribution in [3.05, 3.63) is 64.4 Å². The van der Waals surface area contributed by atoms with E-state index >= 15 is 0 Å². The standard InChI is InChI=1S/C15H17BrN2/c16-14-9-13(10-18-11-14)15(17)8-4-7-12-5-2-1-3-6-12/h1-3,5-6,9-11,15H,4,7-8,17H2. The van der Waals surface area contributed by atoms with E-state index in [1.165, 1.54) is 5.56 Å². The van der Waals surface area contributed by atoms with Crippen molar-refractivity contribution in [2.24, 2.45) is 5.73 Å². The van der Waals surface area contributed by atoms with E-state index in [0.717, 1.165) is 29.3 Å². The molecule has 1 heterocycles. The molecule has 94 valence electrons. The third-order valence-corrected chi connectivity index (χ3v) is 3.41. The highest BCUT2D eigenvalue weighted by molar-refractivity contribution is 9.10. The average Bonchev–Trinajstić information content (AvgIpc) is 2.40. The lowest BCUT2D eigenvalue weighted by molar-refractivity contribution is 0.609. The third-order valence-electron chi connectivity index (χ3n) is 2.98. The van der Waals surface area contributed by atoms with Gasteiger partial charge < -0.3 is 5.73 Å². The van der Waals surface area contributed by atoms with Gasteiger partial charge >= 0.3 is 0 Å². The monoisotopic (exact) mass is 304 g/mol. The molecule has 0 fully saturated rings. The van der Waals surface area contributed by atoms with Crippen LogP contribution < -0.4 is 5.73 Å². The van der Waals surface area contributed by atoms with Gasteiger partial charge in [-0.2, -0.15) is 0 Å². The molecule has 3 heteroatoms. The Labute approximate surface area is 116 Å². The van der Waals surface area contributed by atoms with Gasteiger partial charge in [-0.15, -0.1) is 0 Å². The van der Waals surface area contributed by atoms with E-state index in [0.29, 0.717) is 0 Å². The first-order valence-corrected chi connectivity index (χ1v) is 6.95. The Morgan fingerprint density at radius 3 is 2.67 bits per heavy atom. The zero-order valence-electron chi connectivity index (χ0n) is 10.2. The first kappa shape index (κ1) is 13.2. The van der Waals surface area contributed by atoms with Crippen molar-refractivity contribution in [3.63, 3.8) is 0 Å². The minimum atomic E-state index is 0.0683. The summed E-state index contributed by atoms with van der Waals surface area (Å²) in [7, 11) is 0. The van der Waals surface area contributed by atoms with Gasteiger partial charge in [-0.05, 0) is 52.4 Å². The number of rotatable bonds is 5. The zero-order chi connectivity index (χ0) is 12.8. The number of nitrogens with two attached hydrogens (primary N) is 1. The number of halogens is 1. The third kappa shape index (κ3) is 3.93. The summed E-state index contributed by atoms with van der Waals surface area (Å²) < 4.78 is 0.985. The van der Waals surface area contributed by atoms with E-state index in [1.54, 1.807) is 6.20 Å². The van der Waals surface area contributed by atoms with Crippen LogP contribution in [0.3, 0.4) is 0 Å². The van der Waals surface area contributed by atoms with Crippen molar-refractivity contribution < 1.29 is 0 Å². The van der Waals surface area contributed by atoms with Crippen LogP contribution >= 0.6 is 15.9 Å². The molecule has 0 spiro atoms. The molecule has 0 saturated carbocycles. The minimum absolute atomic E-state index is 0.0683. The molecule has 0 bridgehead atoms. The van der Waals surface area contributed by atoms with Crippen molar-refractivity contribution in [1.82, 2.24) is 4.98 Å². The van der Waals surface area contributed by atoms with Gasteiger partial charge in [0.15, 0.2) is 0 Å². The number of nitrogens with zero attached hydrogens (tertiary/aromatic N) is 1. The zero-order valence-corrected chi connectivity index (χ0v) is 11.8. The van der Waals surface area contributed by atoms with Gasteiger partial charge in [-0.25, -0.2) is 0 Å². The number of aromatic nitrogens is 1. The molecule has 2 rings (SSSR count). The topological polar surface area (TPSA) is 38.9 Å². The SMILES string of the molecule is NC(CCCc1ccccc1)c1cncc(Br)c1. The van der Waals surface area contributed by atoms with Crippen molar-refractivity contribution in [2.45, 2.75) is 25.3 Å². The van der Waals surface area contributed by atoms with Gasteiger partial charge in [0.2, 0.25) is 0 Å². The predicted octanol–water partition coefficient (Wildman–Crippen LogP) is 3.87. The number of hydrogen-bond donors (Lipinski definition) is 1. The molecular formula is C15H17BrN2. The van der Waals surface area contributed by atoms with E-state index in [-0.39, 0.29) is 6.04 Å². The molecule has 1 unspecified atom stereocenters. The van der Waals surface area contributed by atoms with Crippen molar-refractivity contribution in [3.8, 4) is 0 Å². The Bertz CT molecular complexity index is 485. The second-order valence-electron chi connectivity index (χ2n) is 4.42. The van der Waals surface area contributed by atoms with E-state index < -0.39 is 0 Å². The predicted molar refractivity (Wildman–Crippen MR) is 78.2 cm³/mol. The highest BCUT2D eigenvalue weighted by Gasteiger charge is 2.06. The summed E-state index contributed by atoms with van der Waals surface area (Å²) in [5.74, 6) is 0. The molecule has 1 aromatic carbocycles. The maximum absolute atomic E-state index is 6.17. The molecule has 18 heavy (non-hydrogen) atoms. The largest absolute Gasteiger partial charge is 0.324 e. The summed E-state index contributed by atoms with van der Waals surface area (Å²) in [4.78, 5) is 4.14. The molecule has 1 atom stereocenters. The van der Waals surface area contributed by atoms with Gasteiger partial charge in [0.25, 0.3) is 0 Å². The van der Waals surface area contributed by atoms with Crippen molar-refractivity contribution >= 4 is 15.9 Å². The second-order valence-corrected chi connectivity index (χ2v) is 5.34. The fourth-order valence-electron chi connectivity index (χ4n) is 1.97. The summed E-state index contributed by atoms with van der Waals surface area (Å²) in [5.41, 5.74) is 8.63. The summed E-state index contributed by atoms with van der Waals surface area (Å²) in [5, 5.41) is 0. The number of hydrogen-bond acceptors (Lipinski definition) is 2. The molecule has 0 amide bonds. The number of aryl methyl sites for hydroxylation is 1. The smallest absolute Gasteiger partial charge is 0.0410 e. The molecule has 2 nitrogen and oxygen atoms in total. The fraction of sp³-hybridized carbons (Fsp3) is 0.267. The van der Waals surface area contributed by atoms with Crippen molar-refractivity contribution in [2.75, 3.05) is 0 Å². The molecule has 0 aliphatic heterocycles. The number of benzene rings is 1. The summed E-state index contributed by atoms with van der Waals surface area (Å²) in [6.07, 6.45) is 6.78. The molecule has 0 aliphatic rings. The lowest BCUT2D eigenvalue weighted by atomic mass is 10.0. The fourth-order valence-corrected chi connectivity index (χ4v) is 2.35. The highest BCUT2D eigenvalue weighted by atomic mass is 79.9. The van der Waals surface area contributed by atoms with Crippen LogP contribution in [-0.4, -0.2) is 4.98 Å². The summed E-state index contributed by atoms with van der Waals surface area (Å²) in [6, 6.07) is 12.6. The van der Waals surface area contributed by atoms with E-state index in [2.05, 4.69) is 45.2 Å². The Hall–Kier alpha value is -1.19. The van der Waals surface area contributed by atoms with Crippen LogP contribution in [0.2, 0.25) is 0 Å². The second kappa shape index (κ2) is 6.66. The minimum Gasteiger partial charge on any atom is -0.324 e. The Morgan fingerprint density at radius 2 is 1.94 bits per heavy atom. The van der Waals surface area contributed by atoms with Crippen LogP contribution in [-0.2, 0) is 6.42 Å². The molecule has 0 saturated heterocycles. The molecule has 2 aromatic rings. The van der Waals surface area contributed by atoms with Gasteiger partial charge in [-0.1, -0.05) is 30.3 Å². The lowest BCUT2D eigenvalue weighted by Gasteiger charge is -2.11. The van der Waals surface area contributed by atoms with Gasteiger partial charge in [0, 0.05) is 22.9 Å².